The van der Waals surface area contributed by atoms with Crippen LogP contribution in [0.25, 0.3) is 10.2 Å². The molecule has 0 aliphatic rings. The molecule has 5 heteroatoms. The number of thiazole rings is 1. The largest absolute Gasteiger partial charge is 0.318 e. The van der Waals surface area contributed by atoms with E-state index in [0.29, 0.717) is 0 Å². The van der Waals surface area contributed by atoms with Crippen LogP contribution >= 0.6 is 22.9 Å². The van der Waals surface area contributed by atoms with E-state index in [0.717, 1.165) is 25.8 Å². The summed E-state index contributed by atoms with van der Waals surface area (Å²) in [6.45, 7) is 3.85. The molecule has 84 valence electrons. The summed E-state index contributed by atoms with van der Waals surface area (Å²) < 4.78 is 3.14. The number of hydrogen-bond acceptors (Lipinski definition) is 3. The minimum atomic E-state index is 0.746. The Kier molecular flexibility index (Phi) is 3.12. The number of rotatable bonds is 1. The summed E-state index contributed by atoms with van der Waals surface area (Å²) in [7, 11) is 1.98. The second kappa shape index (κ2) is 4.39. The van der Waals surface area contributed by atoms with Gasteiger partial charge >= 0.3 is 0 Å². The standard InChI is InChI=1S/C11H12ClN3S/c1-7(2)13-14-11-15(3)9-5-4-8(12)6-10(9)16-11/h4-6H,1-3H3/b14-11-. The highest BCUT2D eigenvalue weighted by Crippen LogP contribution is 2.20. The van der Waals surface area contributed by atoms with E-state index in [1.807, 2.05) is 43.7 Å². The highest BCUT2D eigenvalue weighted by atomic mass is 35.5. The molecule has 0 aliphatic carbocycles. The van der Waals surface area contributed by atoms with Gasteiger partial charge in [-0.2, -0.15) is 5.10 Å². The van der Waals surface area contributed by atoms with Gasteiger partial charge in [0, 0.05) is 17.8 Å². The molecule has 3 nitrogen and oxygen atoms in total. The Morgan fingerprint density at radius 1 is 1.38 bits per heavy atom. The zero-order valence-corrected chi connectivity index (χ0v) is 10.9. The van der Waals surface area contributed by atoms with Crippen molar-refractivity contribution in [2.75, 3.05) is 0 Å². The van der Waals surface area contributed by atoms with Crippen molar-refractivity contribution >= 4 is 38.9 Å². The van der Waals surface area contributed by atoms with Gasteiger partial charge in [-0.15, -0.1) is 5.10 Å². The van der Waals surface area contributed by atoms with Gasteiger partial charge in [-0.05, 0) is 32.0 Å². The van der Waals surface area contributed by atoms with E-state index in [1.54, 1.807) is 11.3 Å². The van der Waals surface area contributed by atoms with Gasteiger partial charge in [0.25, 0.3) is 0 Å². The zero-order valence-electron chi connectivity index (χ0n) is 9.36. The average Bonchev–Trinajstić information content (AvgIpc) is 2.52. The number of aryl methyl sites for hydroxylation is 1. The van der Waals surface area contributed by atoms with Crippen molar-refractivity contribution in [3.63, 3.8) is 0 Å². The lowest BCUT2D eigenvalue weighted by atomic mass is 10.3. The van der Waals surface area contributed by atoms with Crippen LogP contribution in [0, 0.1) is 0 Å². The number of fused-ring (bicyclic) bond motifs is 1. The van der Waals surface area contributed by atoms with Crippen molar-refractivity contribution < 1.29 is 0 Å². The van der Waals surface area contributed by atoms with Crippen LogP contribution in [-0.4, -0.2) is 10.3 Å². The summed E-state index contributed by atoms with van der Waals surface area (Å²) >= 11 is 7.53. The molecule has 0 bridgehead atoms. The van der Waals surface area contributed by atoms with Gasteiger partial charge in [0.15, 0.2) is 0 Å². The van der Waals surface area contributed by atoms with Crippen molar-refractivity contribution in [2.45, 2.75) is 13.8 Å². The predicted octanol–water partition coefficient (Wildman–Crippen LogP) is 3.19. The Hall–Kier alpha value is -1.13. The Bertz CT molecular complexity index is 618. The monoisotopic (exact) mass is 253 g/mol. The van der Waals surface area contributed by atoms with E-state index in [9.17, 15) is 0 Å². The van der Waals surface area contributed by atoms with E-state index in [2.05, 4.69) is 10.2 Å². The smallest absolute Gasteiger partial charge is 0.211 e. The Labute approximate surface area is 103 Å². The summed E-state index contributed by atoms with van der Waals surface area (Å²) in [6, 6.07) is 5.83. The first-order valence-corrected chi connectivity index (χ1v) is 6.07. The van der Waals surface area contributed by atoms with E-state index in [1.165, 1.54) is 0 Å². The maximum atomic E-state index is 5.95. The van der Waals surface area contributed by atoms with Crippen LogP contribution in [0.4, 0.5) is 0 Å². The minimum Gasteiger partial charge on any atom is -0.318 e. The fourth-order valence-corrected chi connectivity index (χ4v) is 2.59. The average molecular weight is 254 g/mol. The Balaban J connectivity index is 2.69. The molecule has 0 unspecified atom stereocenters. The molecule has 0 N–H and O–H groups in total. The predicted molar refractivity (Wildman–Crippen MR) is 70.2 cm³/mol. The molecule has 1 aromatic carbocycles. The van der Waals surface area contributed by atoms with Gasteiger partial charge in [0.1, 0.15) is 0 Å². The van der Waals surface area contributed by atoms with Crippen LogP contribution in [-0.2, 0) is 7.05 Å². The summed E-state index contributed by atoms with van der Waals surface area (Å²) in [5, 5.41) is 9.02. The lowest BCUT2D eigenvalue weighted by molar-refractivity contribution is 0.888. The zero-order chi connectivity index (χ0) is 11.7. The van der Waals surface area contributed by atoms with E-state index < -0.39 is 0 Å². The minimum absolute atomic E-state index is 0.746. The second-order valence-electron chi connectivity index (χ2n) is 3.70. The molecule has 0 saturated carbocycles. The lowest BCUT2D eigenvalue weighted by Gasteiger charge is -1.94. The number of nitrogens with zero attached hydrogens (tertiary/aromatic N) is 3. The fraction of sp³-hybridized carbons (Fsp3) is 0.273. The highest BCUT2D eigenvalue weighted by Gasteiger charge is 2.02. The third-order valence-corrected chi connectivity index (χ3v) is 3.43. The molecule has 0 spiro atoms. The molecule has 0 saturated heterocycles. The molecule has 0 fully saturated rings. The van der Waals surface area contributed by atoms with Gasteiger partial charge in [0.05, 0.1) is 10.2 Å². The SMILES string of the molecule is CC(C)=N/N=c1\sc2cc(Cl)ccc2n1C. The van der Waals surface area contributed by atoms with Gasteiger partial charge in [-0.3, -0.25) is 0 Å². The number of benzene rings is 1. The maximum Gasteiger partial charge on any atom is 0.211 e. The van der Waals surface area contributed by atoms with E-state index in [-0.39, 0.29) is 0 Å². The summed E-state index contributed by atoms with van der Waals surface area (Å²) in [4.78, 5) is 0.874. The molecule has 16 heavy (non-hydrogen) atoms. The third-order valence-electron chi connectivity index (χ3n) is 2.11. The molecule has 0 atom stereocenters. The van der Waals surface area contributed by atoms with Crippen molar-refractivity contribution in [1.82, 2.24) is 4.57 Å². The van der Waals surface area contributed by atoms with E-state index >= 15 is 0 Å². The summed E-state index contributed by atoms with van der Waals surface area (Å²) in [5.41, 5.74) is 2.06. The van der Waals surface area contributed by atoms with Crippen molar-refractivity contribution in [3.8, 4) is 0 Å². The highest BCUT2D eigenvalue weighted by molar-refractivity contribution is 7.16. The van der Waals surface area contributed by atoms with Crippen molar-refractivity contribution in [1.29, 1.82) is 0 Å². The Morgan fingerprint density at radius 2 is 2.12 bits per heavy atom. The first-order chi connectivity index (χ1) is 7.58. The molecule has 0 amide bonds. The molecule has 1 aromatic heterocycles. The normalized spacial score (nSPS) is 12.1. The summed E-state index contributed by atoms with van der Waals surface area (Å²) in [5.74, 6) is 0. The quantitative estimate of drug-likeness (QED) is 0.552. The second-order valence-corrected chi connectivity index (χ2v) is 5.15. The van der Waals surface area contributed by atoms with Gasteiger partial charge in [-0.1, -0.05) is 22.9 Å². The molecular formula is C11H12ClN3S. The van der Waals surface area contributed by atoms with Crippen molar-refractivity contribution in [3.05, 3.63) is 28.0 Å². The third kappa shape index (κ3) is 2.18. The fourth-order valence-electron chi connectivity index (χ4n) is 1.35. The van der Waals surface area contributed by atoms with Crippen LogP contribution in [0.3, 0.4) is 0 Å². The van der Waals surface area contributed by atoms with Crippen molar-refractivity contribution in [2.24, 2.45) is 17.3 Å². The molecule has 2 aromatic rings. The first kappa shape index (κ1) is 11.4. The molecule has 0 radical (unpaired) electrons. The van der Waals surface area contributed by atoms with Gasteiger partial charge < -0.3 is 4.57 Å². The van der Waals surface area contributed by atoms with Gasteiger partial charge in [0.2, 0.25) is 4.80 Å². The van der Waals surface area contributed by atoms with Crippen LogP contribution < -0.4 is 4.80 Å². The topological polar surface area (TPSA) is 29.6 Å². The number of halogens is 1. The number of aromatic nitrogens is 1. The molecule has 1 heterocycles. The lowest BCUT2D eigenvalue weighted by Crippen LogP contribution is -2.09. The van der Waals surface area contributed by atoms with E-state index in [4.69, 9.17) is 11.6 Å². The molecule has 2 rings (SSSR count). The van der Waals surface area contributed by atoms with Crippen LogP contribution in [0.2, 0.25) is 5.02 Å². The van der Waals surface area contributed by atoms with Crippen LogP contribution in [0.15, 0.2) is 28.4 Å². The van der Waals surface area contributed by atoms with Crippen LogP contribution in [0.5, 0.6) is 0 Å². The first-order valence-electron chi connectivity index (χ1n) is 4.88. The number of hydrogen-bond donors (Lipinski definition) is 0. The van der Waals surface area contributed by atoms with Gasteiger partial charge in [-0.25, -0.2) is 0 Å². The Morgan fingerprint density at radius 3 is 2.81 bits per heavy atom. The maximum absolute atomic E-state index is 5.95. The molecule has 0 aliphatic heterocycles. The van der Waals surface area contributed by atoms with Crippen LogP contribution in [0.1, 0.15) is 13.8 Å². The summed E-state index contributed by atoms with van der Waals surface area (Å²) in [6.07, 6.45) is 0. The molecular weight excluding hydrogens is 242 g/mol.